The molecule has 1 saturated heterocycles. The summed E-state index contributed by atoms with van der Waals surface area (Å²) < 4.78 is 5.57. The first kappa shape index (κ1) is 99.2. The van der Waals surface area contributed by atoms with Gasteiger partial charge in [0.15, 0.2) is 0 Å². The van der Waals surface area contributed by atoms with Crippen molar-refractivity contribution >= 4 is 110 Å². The minimum atomic E-state index is -1.87. The number of hydrogen-bond acceptors (Lipinski definition) is 21. The van der Waals surface area contributed by atoms with Crippen molar-refractivity contribution in [3.05, 3.63) is 102 Å². The monoisotopic (exact) mass is 1700 g/mol. The van der Waals surface area contributed by atoms with Gasteiger partial charge in [0.1, 0.15) is 78.8 Å². The maximum Gasteiger partial charge on any atom is 0.325 e. The van der Waals surface area contributed by atoms with E-state index in [1.54, 1.807) is 74.8 Å². The summed E-state index contributed by atoms with van der Waals surface area (Å²) in [5.41, 5.74) is 26.1. The molecule has 2 aromatic heterocycles. The van der Waals surface area contributed by atoms with Gasteiger partial charge in [-0.25, -0.2) is 0 Å². The summed E-state index contributed by atoms with van der Waals surface area (Å²) in [4.78, 5) is 217. The molecule has 1 aliphatic rings. The Balaban J connectivity index is 1.19. The van der Waals surface area contributed by atoms with Crippen molar-refractivity contribution in [2.75, 3.05) is 45.9 Å². The molecule has 37 nitrogen and oxygen atoms in total. The predicted molar refractivity (Wildman–Crippen MR) is 455 cm³/mol. The van der Waals surface area contributed by atoms with E-state index < -0.39 is 194 Å². The van der Waals surface area contributed by atoms with Crippen LogP contribution in [0.5, 0.6) is 5.75 Å². The number of primary amides is 1. The number of esters is 1. The van der Waals surface area contributed by atoms with E-state index in [1.165, 1.54) is 82.6 Å². The lowest BCUT2D eigenvalue weighted by Gasteiger charge is -2.31. The van der Waals surface area contributed by atoms with Gasteiger partial charge in [0, 0.05) is 59.9 Å². The van der Waals surface area contributed by atoms with Gasteiger partial charge in [-0.15, -0.1) is 0 Å². The summed E-state index contributed by atoms with van der Waals surface area (Å²) in [6.07, 6.45) is 15.0. The highest BCUT2D eigenvalue weighted by Gasteiger charge is 2.40. The van der Waals surface area contributed by atoms with Crippen molar-refractivity contribution < 1.29 is 86.9 Å². The number of para-hydroxylation sites is 2. The normalized spacial score (nSPS) is 17.3. The minimum Gasteiger partial charge on any atom is -0.508 e. The lowest BCUT2D eigenvalue weighted by molar-refractivity contribution is -0.153. The van der Waals surface area contributed by atoms with E-state index in [0.29, 0.717) is 44.9 Å². The summed E-state index contributed by atoms with van der Waals surface area (Å²) in [5.74, 6) is -14.7. The molecule has 37 heteroatoms. The number of fused-ring (bicyclic) bond motifs is 2. The zero-order valence-corrected chi connectivity index (χ0v) is 70.4. The lowest BCUT2D eigenvalue weighted by atomic mass is 9.96. The zero-order valence-electron chi connectivity index (χ0n) is 70.4. The largest absolute Gasteiger partial charge is 0.508 e. The number of aromatic amines is 2. The number of H-pyrrole nitrogens is 2. The predicted octanol–water partition coefficient (Wildman–Crippen LogP) is 0.136. The fourth-order valence-corrected chi connectivity index (χ4v) is 14.1. The molecule has 0 spiro atoms. The smallest absolute Gasteiger partial charge is 0.325 e. The quantitative estimate of drug-likeness (QED) is 0.0182. The second kappa shape index (κ2) is 53.3. The molecule has 14 amide bonds. The van der Waals surface area contributed by atoms with Crippen molar-refractivity contribution in [2.24, 2.45) is 28.9 Å². The molecule has 25 N–H and O–H groups in total. The van der Waals surface area contributed by atoms with Gasteiger partial charge < -0.3 is 117 Å². The van der Waals surface area contributed by atoms with Crippen LogP contribution in [-0.2, 0) is 95.9 Å². The highest BCUT2D eigenvalue weighted by atomic mass is 16.5. The van der Waals surface area contributed by atoms with Crippen LogP contribution >= 0.6 is 0 Å². The Bertz CT molecular complexity index is 4270. The number of ether oxygens (including phenoxy) is 1. The molecule has 12 atom stereocenters. The van der Waals surface area contributed by atoms with Gasteiger partial charge in [-0.2, -0.15) is 0 Å². The fraction of sp³-hybridized carbons (Fsp3) is 0.565. The molecule has 122 heavy (non-hydrogen) atoms. The standard InChI is InChI=1S/C85H127N19O18/c1-5-7-8-9-10-11-12-13-14-15-16-17-18-33-70(108)96-68(50-105)83(119)99-64(41-53-34-36-56(106)37-35-53)80(116)101-65(42-54-45-90-59-28-21-19-26-57(54)59)81(117)98-63(32-25-40-88)79(115)97-61(30-23-38-86)76(112)94-48-72(110)95-62(31-24-39-87)78(114)100-66(43-55-46-91-60-29-22-20-27-58(55)60)82(118)104-75-52(4)122-73(111)49-92-71(109)47-93-77(113)67(44-69(89)107)102-84(120)74(51(3)6-2)103-85(75)121/h19-22,26-29,34-37,45-46,51-52,61-68,74-75,90-91,105-106H,5-18,23-25,30-33,38-44,47-50,86-88H2,1-4H3,(H2,89,107)(H,92,109)(H,93,113)(H,94,112)(H,95,110)(H,96,108)(H,97,115)(H,98,117)(H,99,119)(H,100,114)(H,101,116)(H,102,120)(H,103,121)(H,104,118)/t51-,52+,61-,62+,63+,64+,65+,66-,67-,68+,74-,75-/m0/s1. The number of cyclic esters (lactones) is 1. The van der Waals surface area contributed by atoms with Gasteiger partial charge in [0.05, 0.1) is 26.1 Å². The summed E-state index contributed by atoms with van der Waals surface area (Å²) in [5, 5.41) is 55.3. The summed E-state index contributed by atoms with van der Waals surface area (Å²) in [6, 6.07) is 4.57. The topological polar surface area (TPSA) is 598 Å². The van der Waals surface area contributed by atoms with Crippen molar-refractivity contribution in [3.63, 3.8) is 0 Å². The number of carbonyl (C=O) groups excluding carboxylic acids is 15. The molecular weight excluding hydrogens is 1580 g/mol. The molecule has 3 heterocycles. The first-order valence-corrected chi connectivity index (χ1v) is 42.5. The van der Waals surface area contributed by atoms with Gasteiger partial charge in [0.2, 0.25) is 82.7 Å². The Morgan fingerprint density at radius 1 is 0.500 bits per heavy atom. The fourth-order valence-electron chi connectivity index (χ4n) is 14.1. The van der Waals surface area contributed by atoms with Gasteiger partial charge in [-0.05, 0) is 118 Å². The third-order valence-electron chi connectivity index (χ3n) is 21.3. The zero-order chi connectivity index (χ0) is 89.0. The third kappa shape index (κ3) is 33.8. The van der Waals surface area contributed by atoms with Crippen LogP contribution in [0, 0.1) is 5.92 Å². The third-order valence-corrected chi connectivity index (χ3v) is 21.3. The SMILES string of the molecule is CCCCCCCCCCCCCCCC(=O)N[C@H](CO)C(=O)N[C@H](Cc1ccc(O)cc1)C(=O)N[C@H](Cc1c[nH]c2ccccc12)C(=O)N[C@H](CCCN)C(=O)N[C@@H](CCCN)C(=O)NCC(=O)N[C@H](CCCN)C(=O)N[C@@H](Cc1c[nH]c2ccccc12)C(=O)N[C@@H]1C(=O)N[C@@H]([C@@H](C)CC)C(=O)N[C@@H](CC(N)=O)C(=O)NCC(=O)NCC(=O)O[C@@H]1C. The van der Waals surface area contributed by atoms with E-state index in [2.05, 4.69) is 86.0 Å². The average Bonchev–Trinajstić information content (AvgIpc) is 1.70. The van der Waals surface area contributed by atoms with Crippen LogP contribution < -0.4 is 92.1 Å². The first-order valence-electron chi connectivity index (χ1n) is 42.5. The molecule has 0 saturated carbocycles. The Morgan fingerprint density at radius 3 is 1.47 bits per heavy atom. The average molecular weight is 1700 g/mol. The Labute approximate surface area is 710 Å². The van der Waals surface area contributed by atoms with E-state index in [0.717, 1.165) is 25.7 Å². The Morgan fingerprint density at radius 2 is 0.959 bits per heavy atom. The molecule has 1 aliphatic heterocycles. The number of nitrogens with one attached hydrogen (secondary N) is 15. The first-order chi connectivity index (χ1) is 58.6. The van der Waals surface area contributed by atoms with E-state index in [1.807, 2.05) is 0 Å². The lowest BCUT2D eigenvalue weighted by Crippen LogP contribution is -2.63. The number of amides is 14. The highest BCUT2D eigenvalue weighted by Crippen LogP contribution is 2.23. The van der Waals surface area contributed by atoms with Crippen molar-refractivity contribution in [1.29, 1.82) is 0 Å². The number of phenols is 1. The molecule has 6 rings (SSSR count). The molecule has 0 unspecified atom stereocenters. The maximum atomic E-state index is 15.0. The van der Waals surface area contributed by atoms with Crippen LogP contribution in [0.15, 0.2) is 85.2 Å². The Hall–Kier alpha value is -11.6. The molecule has 3 aromatic carbocycles. The molecular formula is C85H127N19O18. The van der Waals surface area contributed by atoms with Gasteiger partial charge in [0.25, 0.3) is 0 Å². The minimum absolute atomic E-state index is 0.00722. The Kier molecular flexibility index (Phi) is 43.3. The number of aliphatic hydroxyl groups excluding tert-OH is 1. The second-order valence-electron chi connectivity index (χ2n) is 31.0. The number of carbonyl (C=O) groups is 15. The summed E-state index contributed by atoms with van der Waals surface area (Å²) in [6.45, 7) is 3.68. The van der Waals surface area contributed by atoms with Crippen LogP contribution in [0.1, 0.15) is 186 Å². The molecule has 5 aromatic rings. The molecule has 0 radical (unpaired) electrons. The number of aromatic nitrogens is 2. The van der Waals surface area contributed by atoms with Crippen LogP contribution in [-0.4, -0.2) is 221 Å². The van der Waals surface area contributed by atoms with E-state index >= 15 is 9.59 Å². The van der Waals surface area contributed by atoms with Crippen molar-refractivity contribution in [3.8, 4) is 5.75 Å². The van der Waals surface area contributed by atoms with Crippen molar-refractivity contribution in [1.82, 2.24) is 79.1 Å². The van der Waals surface area contributed by atoms with E-state index in [-0.39, 0.29) is 96.0 Å². The number of nitrogens with two attached hydrogens (primary N) is 4. The van der Waals surface area contributed by atoms with Crippen LogP contribution in [0.4, 0.5) is 0 Å². The van der Waals surface area contributed by atoms with Gasteiger partial charge in [-0.3, -0.25) is 71.9 Å². The van der Waals surface area contributed by atoms with E-state index in [9.17, 15) is 72.5 Å². The molecule has 670 valence electrons. The molecule has 0 bridgehead atoms. The molecule has 1 fully saturated rings. The van der Waals surface area contributed by atoms with Gasteiger partial charge >= 0.3 is 5.97 Å². The number of aliphatic hydroxyl groups is 1. The number of phenolic OH excluding ortho intramolecular Hbond substituents is 1. The summed E-state index contributed by atoms with van der Waals surface area (Å²) in [7, 11) is 0. The summed E-state index contributed by atoms with van der Waals surface area (Å²) >= 11 is 0. The second-order valence-corrected chi connectivity index (χ2v) is 31.0. The van der Waals surface area contributed by atoms with Crippen molar-refractivity contribution in [2.45, 2.75) is 255 Å². The van der Waals surface area contributed by atoms with Crippen LogP contribution in [0.2, 0.25) is 0 Å². The van der Waals surface area contributed by atoms with Crippen LogP contribution in [0.3, 0.4) is 0 Å². The van der Waals surface area contributed by atoms with Gasteiger partial charge in [-0.1, -0.05) is 153 Å². The number of rotatable bonds is 51. The molecule has 0 aliphatic carbocycles. The van der Waals surface area contributed by atoms with Crippen LogP contribution in [0.25, 0.3) is 21.8 Å². The van der Waals surface area contributed by atoms with E-state index in [4.69, 9.17) is 27.7 Å². The number of unbranched alkanes of at least 4 members (excludes halogenated alkanes) is 12. The number of hydrogen-bond donors (Lipinski definition) is 21. The number of benzene rings is 3. The maximum absolute atomic E-state index is 15.0. The highest BCUT2D eigenvalue weighted by molar-refractivity contribution is 6.01. The number of aromatic hydroxyl groups is 1.